The first-order valence-corrected chi connectivity index (χ1v) is 6.86. The van der Waals surface area contributed by atoms with Crippen LogP contribution in [0.2, 0.25) is 0 Å². The van der Waals surface area contributed by atoms with Crippen LogP contribution in [0.15, 0.2) is 54.6 Å². The molecule has 0 nitrogen and oxygen atoms in total. The van der Waals surface area contributed by atoms with Crippen molar-refractivity contribution >= 4 is 33.1 Å². The second-order valence-corrected chi connectivity index (χ2v) is 5.61. The Bertz CT molecular complexity index is 729. The number of benzene rings is 2. The van der Waals surface area contributed by atoms with E-state index < -0.39 is 0 Å². The van der Waals surface area contributed by atoms with Gasteiger partial charge >= 0.3 is 0 Å². The topological polar surface area (TPSA) is 0 Å². The van der Waals surface area contributed by atoms with Gasteiger partial charge in [-0.15, -0.1) is 11.3 Å². The molecule has 0 bridgehead atoms. The van der Waals surface area contributed by atoms with Crippen LogP contribution in [0.25, 0.3) is 21.7 Å². The van der Waals surface area contributed by atoms with E-state index in [1.54, 1.807) is 0 Å². The lowest BCUT2D eigenvalue weighted by Gasteiger charge is -1.96. The Hall–Kier alpha value is -1.86. The Balaban J connectivity index is 1.82. The van der Waals surface area contributed by atoms with Crippen LogP contribution < -0.4 is 0 Å². The van der Waals surface area contributed by atoms with E-state index in [0.29, 0.717) is 0 Å². The van der Waals surface area contributed by atoms with Gasteiger partial charge in [-0.1, -0.05) is 42.5 Å². The molecule has 2 aromatic carbocycles. The average molecular weight is 247 g/mol. The van der Waals surface area contributed by atoms with E-state index in [9.17, 15) is 0 Å². The fourth-order valence-electron chi connectivity index (χ4n) is 2.42. The highest BCUT2D eigenvalue weighted by Gasteiger charge is 2.15. The molecule has 1 aliphatic rings. The number of thiophene rings is 1. The number of fused-ring (bicyclic) bond motifs is 2. The van der Waals surface area contributed by atoms with Crippen molar-refractivity contribution in [1.82, 2.24) is 0 Å². The molecule has 0 saturated carbocycles. The zero-order chi connectivity index (χ0) is 11.9. The second kappa shape index (κ2) is 3.82. The normalized spacial score (nSPS) is 13.7. The molecule has 85 valence electrons. The van der Waals surface area contributed by atoms with E-state index in [1.807, 2.05) is 11.3 Å². The lowest BCUT2D eigenvalue weighted by Crippen LogP contribution is -1.78. The van der Waals surface area contributed by atoms with Crippen molar-refractivity contribution < 1.29 is 0 Å². The highest BCUT2D eigenvalue weighted by molar-refractivity contribution is 7.20. The summed E-state index contributed by atoms with van der Waals surface area (Å²) >= 11 is 1.87. The minimum Gasteiger partial charge on any atom is -0.136 e. The van der Waals surface area contributed by atoms with Crippen molar-refractivity contribution in [2.45, 2.75) is 0 Å². The van der Waals surface area contributed by atoms with Gasteiger partial charge in [0.1, 0.15) is 0 Å². The summed E-state index contributed by atoms with van der Waals surface area (Å²) in [6.45, 7) is 0. The third kappa shape index (κ3) is 1.52. The Morgan fingerprint density at radius 1 is 0.778 bits per heavy atom. The predicted octanol–water partition coefficient (Wildman–Crippen LogP) is 5.01. The molecule has 0 N–H and O–H groups in total. The zero-order valence-electron chi connectivity index (χ0n) is 9.76. The molecule has 1 aromatic heterocycles. The largest absolute Gasteiger partial charge is 0.136 e. The van der Waals surface area contributed by atoms with Crippen LogP contribution in [0.3, 0.4) is 0 Å². The third-order valence-electron chi connectivity index (χ3n) is 3.33. The van der Waals surface area contributed by atoms with E-state index in [2.05, 4.69) is 67.1 Å². The van der Waals surface area contributed by atoms with Gasteiger partial charge in [0.2, 0.25) is 0 Å². The second-order valence-electron chi connectivity index (χ2n) is 4.52. The van der Waals surface area contributed by atoms with Gasteiger partial charge in [-0.05, 0) is 40.3 Å². The molecule has 0 spiro atoms. The number of allylic oxidation sites excluding steroid dienone is 1. The fraction of sp³-hybridized carbons (Fsp3) is 0. The predicted molar refractivity (Wildman–Crippen MR) is 79.5 cm³/mol. The monoisotopic (exact) mass is 247 g/mol. The Kier molecular flexibility index (Phi) is 2.14. The molecule has 1 aliphatic carbocycles. The number of hydrogen-bond donors (Lipinski definition) is 0. The summed E-state index contributed by atoms with van der Waals surface area (Å²) in [5.41, 5.74) is 3.98. The summed E-state index contributed by atoms with van der Waals surface area (Å²) < 4.78 is 1.36. The SMILES string of the molecule is [CH]1C(c2cc3ccccc3s2)=Cc2ccccc21. The van der Waals surface area contributed by atoms with Crippen molar-refractivity contribution in [2.75, 3.05) is 0 Å². The summed E-state index contributed by atoms with van der Waals surface area (Å²) in [5.74, 6) is 0. The molecule has 0 amide bonds. The van der Waals surface area contributed by atoms with Crippen LogP contribution in [0.1, 0.15) is 16.0 Å². The fourth-order valence-corrected chi connectivity index (χ4v) is 3.47. The van der Waals surface area contributed by atoms with Gasteiger partial charge < -0.3 is 0 Å². The van der Waals surface area contributed by atoms with E-state index >= 15 is 0 Å². The molecule has 1 heteroatoms. The van der Waals surface area contributed by atoms with Gasteiger partial charge in [-0.2, -0.15) is 0 Å². The van der Waals surface area contributed by atoms with Crippen LogP contribution in [-0.4, -0.2) is 0 Å². The smallest absolute Gasteiger partial charge is 0.0349 e. The number of hydrogen-bond acceptors (Lipinski definition) is 1. The third-order valence-corrected chi connectivity index (χ3v) is 4.49. The van der Waals surface area contributed by atoms with Gasteiger partial charge in [-0.3, -0.25) is 0 Å². The molecular weight excluding hydrogens is 236 g/mol. The van der Waals surface area contributed by atoms with E-state index in [0.717, 1.165) is 0 Å². The maximum Gasteiger partial charge on any atom is 0.0349 e. The maximum absolute atomic E-state index is 2.29. The Labute approximate surface area is 110 Å². The van der Waals surface area contributed by atoms with Gasteiger partial charge in [0.25, 0.3) is 0 Å². The van der Waals surface area contributed by atoms with Gasteiger partial charge in [0, 0.05) is 16.0 Å². The molecule has 0 unspecified atom stereocenters. The van der Waals surface area contributed by atoms with Crippen molar-refractivity contribution in [3.63, 3.8) is 0 Å². The molecule has 18 heavy (non-hydrogen) atoms. The van der Waals surface area contributed by atoms with Gasteiger partial charge in [-0.25, -0.2) is 0 Å². The molecule has 0 atom stereocenters. The highest BCUT2D eigenvalue weighted by atomic mass is 32.1. The number of rotatable bonds is 1. The Morgan fingerprint density at radius 2 is 1.56 bits per heavy atom. The molecule has 1 heterocycles. The molecule has 0 aliphatic heterocycles. The molecule has 0 fully saturated rings. The summed E-state index contributed by atoms with van der Waals surface area (Å²) in [5, 5.41) is 1.34. The van der Waals surface area contributed by atoms with Crippen LogP contribution in [0, 0.1) is 6.42 Å². The quantitative estimate of drug-likeness (QED) is 0.567. The molecule has 0 saturated heterocycles. The summed E-state index contributed by atoms with van der Waals surface area (Å²) in [7, 11) is 0. The first-order valence-electron chi connectivity index (χ1n) is 6.04. The van der Waals surface area contributed by atoms with Crippen LogP contribution >= 0.6 is 11.3 Å². The Morgan fingerprint density at radius 3 is 2.39 bits per heavy atom. The van der Waals surface area contributed by atoms with Gasteiger partial charge in [0.05, 0.1) is 0 Å². The maximum atomic E-state index is 2.29. The molecular formula is C17H11S. The van der Waals surface area contributed by atoms with Crippen LogP contribution in [0.4, 0.5) is 0 Å². The molecule has 1 radical (unpaired) electrons. The van der Waals surface area contributed by atoms with Crippen LogP contribution in [0.5, 0.6) is 0 Å². The highest BCUT2D eigenvalue weighted by Crippen LogP contribution is 2.38. The summed E-state index contributed by atoms with van der Waals surface area (Å²) in [6, 6.07) is 19.4. The van der Waals surface area contributed by atoms with Gasteiger partial charge in [0.15, 0.2) is 0 Å². The molecule has 3 aromatic rings. The van der Waals surface area contributed by atoms with Crippen molar-refractivity contribution in [1.29, 1.82) is 0 Å². The van der Waals surface area contributed by atoms with E-state index in [4.69, 9.17) is 0 Å². The first-order chi connectivity index (χ1) is 8.90. The standard InChI is InChI=1S/C17H11S/c1-2-6-13-10-15(9-12(13)5-1)17-11-14-7-3-4-8-16(14)18-17/h1-11H. The summed E-state index contributed by atoms with van der Waals surface area (Å²) in [6.07, 6.45) is 4.56. The summed E-state index contributed by atoms with van der Waals surface area (Å²) in [4.78, 5) is 1.35. The first kappa shape index (κ1) is 10.1. The average Bonchev–Trinajstić information content (AvgIpc) is 3.02. The van der Waals surface area contributed by atoms with Crippen molar-refractivity contribution in [3.05, 3.63) is 77.0 Å². The van der Waals surface area contributed by atoms with Crippen molar-refractivity contribution in [2.24, 2.45) is 0 Å². The minimum atomic E-state index is 1.32. The van der Waals surface area contributed by atoms with E-state index in [1.165, 1.54) is 31.7 Å². The van der Waals surface area contributed by atoms with E-state index in [-0.39, 0.29) is 0 Å². The minimum absolute atomic E-state index is 1.32. The lowest BCUT2D eigenvalue weighted by molar-refractivity contribution is 1.55. The van der Waals surface area contributed by atoms with Crippen molar-refractivity contribution in [3.8, 4) is 0 Å². The lowest BCUT2D eigenvalue weighted by atomic mass is 10.1. The van der Waals surface area contributed by atoms with Crippen LogP contribution in [-0.2, 0) is 0 Å². The zero-order valence-corrected chi connectivity index (χ0v) is 10.6. The molecule has 4 rings (SSSR count).